The molecular weight excluding hydrogens is 148 g/mol. The van der Waals surface area contributed by atoms with Gasteiger partial charge in [0.05, 0.1) is 0 Å². The van der Waals surface area contributed by atoms with Crippen molar-refractivity contribution in [1.29, 1.82) is 0 Å². The maximum absolute atomic E-state index is 11.8. The molecule has 12 heavy (non-hydrogen) atoms. The molecule has 0 aliphatic heterocycles. The van der Waals surface area contributed by atoms with Crippen LogP contribution in [0.5, 0.6) is 0 Å². The van der Waals surface area contributed by atoms with Gasteiger partial charge in [-0.15, -0.1) is 0 Å². The van der Waals surface area contributed by atoms with E-state index in [2.05, 4.69) is 13.8 Å². The van der Waals surface area contributed by atoms with Crippen molar-refractivity contribution in [2.45, 2.75) is 39.5 Å². The Kier molecular flexibility index (Phi) is 1.97. The van der Waals surface area contributed by atoms with Crippen LogP contribution < -0.4 is 0 Å². The third-order valence-electron chi connectivity index (χ3n) is 3.96. The van der Waals surface area contributed by atoms with E-state index in [4.69, 9.17) is 0 Å². The van der Waals surface area contributed by atoms with E-state index in [0.29, 0.717) is 17.6 Å². The number of ketones is 1. The quantitative estimate of drug-likeness (QED) is 0.540. The van der Waals surface area contributed by atoms with Crippen LogP contribution in [0, 0.1) is 23.7 Å². The van der Waals surface area contributed by atoms with Gasteiger partial charge in [0.15, 0.2) is 0 Å². The Hall–Kier alpha value is -0.330. The van der Waals surface area contributed by atoms with E-state index in [1.807, 2.05) is 0 Å². The van der Waals surface area contributed by atoms with Gasteiger partial charge in [-0.05, 0) is 37.5 Å². The molecule has 2 aliphatic carbocycles. The Labute approximate surface area is 74.5 Å². The number of fused-ring (bicyclic) bond motifs is 1. The molecule has 0 spiro atoms. The highest BCUT2D eigenvalue weighted by Crippen LogP contribution is 2.45. The average Bonchev–Trinajstić information content (AvgIpc) is 2.41. The maximum atomic E-state index is 11.8. The Morgan fingerprint density at radius 1 is 1.08 bits per heavy atom. The predicted octanol–water partition coefficient (Wildman–Crippen LogP) is 2.65. The van der Waals surface area contributed by atoms with Crippen LogP contribution in [0.1, 0.15) is 39.5 Å². The van der Waals surface area contributed by atoms with E-state index < -0.39 is 0 Å². The summed E-state index contributed by atoms with van der Waals surface area (Å²) in [5.74, 6) is 2.93. The van der Waals surface area contributed by atoms with Crippen LogP contribution in [0.3, 0.4) is 0 Å². The second kappa shape index (κ2) is 2.86. The van der Waals surface area contributed by atoms with E-state index in [1.54, 1.807) is 0 Å². The van der Waals surface area contributed by atoms with Crippen molar-refractivity contribution in [3.63, 3.8) is 0 Å². The van der Waals surface area contributed by atoms with Crippen LogP contribution in [0.25, 0.3) is 0 Å². The van der Waals surface area contributed by atoms with E-state index in [-0.39, 0.29) is 0 Å². The van der Waals surface area contributed by atoms with Crippen LogP contribution in [-0.4, -0.2) is 5.78 Å². The molecule has 0 saturated heterocycles. The monoisotopic (exact) mass is 166 g/mol. The summed E-state index contributed by atoms with van der Waals surface area (Å²) in [6, 6.07) is 0. The number of hydrogen-bond acceptors (Lipinski definition) is 1. The Morgan fingerprint density at radius 3 is 2.58 bits per heavy atom. The van der Waals surface area contributed by atoms with Crippen LogP contribution in [0.15, 0.2) is 0 Å². The highest BCUT2D eigenvalue weighted by atomic mass is 16.1. The second-order valence-corrected chi connectivity index (χ2v) is 4.71. The average molecular weight is 166 g/mol. The highest BCUT2D eigenvalue weighted by molar-refractivity contribution is 5.84. The molecular formula is C11H18O. The van der Waals surface area contributed by atoms with Gasteiger partial charge >= 0.3 is 0 Å². The molecule has 2 aliphatic rings. The lowest BCUT2D eigenvalue weighted by Crippen LogP contribution is -2.32. The summed E-state index contributed by atoms with van der Waals surface area (Å²) in [4.78, 5) is 11.8. The molecule has 1 heteroatoms. The van der Waals surface area contributed by atoms with Crippen molar-refractivity contribution >= 4 is 5.78 Å². The van der Waals surface area contributed by atoms with Crippen molar-refractivity contribution in [1.82, 2.24) is 0 Å². The minimum atomic E-state index is 0.358. The van der Waals surface area contributed by atoms with Gasteiger partial charge in [-0.25, -0.2) is 0 Å². The van der Waals surface area contributed by atoms with Crippen molar-refractivity contribution in [3.8, 4) is 0 Å². The van der Waals surface area contributed by atoms with E-state index in [9.17, 15) is 4.79 Å². The standard InChI is InChI=1S/C11H18O/c1-7-3-6-10-9(7)5-4-8(2)11(10)12/h7-10H,3-6H2,1-2H3/t7-,8+,9+,10+/m1/s1. The largest absolute Gasteiger partial charge is 0.299 e. The van der Waals surface area contributed by atoms with Crippen LogP contribution in [0.4, 0.5) is 0 Å². The van der Waals surface area contributed by atoms with Crippen molar-refractivity contribution in [2.75, 3.05) is 0 Å². The molecule has 4 atom stereocenters. The van der Waals surface area contributed by atoms with E-state index in [0.717, 1.165) is 18.3 Å². The molecule has 2 saturated carbocycles. The third-order valence-corrected chi connectivity index (χ3v) is 3.96. The number of carbonyl (C=O) groups is 1. The minimum absolute atomic E-state index is 0.358. The molecule has 0 amide bonds. The molecule has 0 heterocycles. The number of Topliss-reactive ketones (excluding diaryl/α,β-unsaturated/α-hetero) is 1. The van der Waals surface area contributed by atoms with Crippen molar-refractivity contribution in [2.24, 2.45) is 23.7 Å². The zero-order valence-electron chi connectivity index (χ0n) is 8.05. The second-order valence-electron chi connectivity index (χ2n) is 4.71. The summed E-state index contributed by atoms with van der Waals surface area (Å²) < 4.78 is 0. The normalized spacial score (nSPS) is 47.7. The molecule has 0 aromatic carbocycles. The molecule has 0 aromatic rings. The van der Waals surface area contributed by atoms with Gasteiger partial charge in [-0.3, -0.25) is 4.79 Å². The van der Waals surface area contributed by atoms with Gasteiger partial charge in [0.2, 0.25) is 0 Å². The van der Waals surface area contributed by atoms with Crippen LogP contribution in [0.2, 0.25) is 0 Å². The highest BCUT2D eigenvalue weighted by Gasteiger charge is 2.42. The first-order chi connectivity index (χ1) is 5.70. The smallest absolute Gasteiger partial charge is 0.139 e. The zero-order chi connectivity index (χ0) is 8.72. The Bertz CT molecular complexity index is 197. The fraction of sp³-hybridized carbons (Fsp3) is 0.909. The first-order valence-electron chi connectivity index (χ1n) is 5.24. The molecule has 68 valence electrons. The first kappa shape index (κ1) is 8.28. The number of hydrogen-bond donors (Lipinski definition) is 0. The zero-order valence-corrected chi connectivity index (χ0v) is 8.05. The van der Waals surface area contributed by atoms with Crippen molar-refractivity contribution < 1.29 is 4.79 Å². The van der Waals surface area contributed by atoms with E-state index in [1.165, 1.54) is 19.3 Å². The van der Waals surface area contributed by atoms with E-state index >= 15 is 0 Å². The van der Waals surface area contributed by atoms with Gasteiger partial charge < -0.3 is 0 Å². The number of rotatable bonds is 0. The summed E-state index contributed by atoms with van der Waals surface area (Å²) in [5, 5.41) is 0. The minimum Gasteiger partial charge on any atom is -0.299 e. The van der Waals surface area contributed by atoms with Gasteiger partial charge in [0.25, 0.3) is 0 Å². The first-order valence-corrected chi connectivity index (χ1v) is 5.24. The maximum Gasteiger partial charge on any atom is 0.139 e. The Balaban J connectivity index is 2.14. The molecule has 0 aromatic heterocycles. The lowest BCUT2D eigenvalue weighted by molar-refractivity contribution is -0.130. The summed E-state index contributed by atoms with van der Waals surface area (Å²) in [5.41, 5.74) is 0. The lowest BCUT2D eigenvalue weighted by Gasteiger charge is -2.30. The van der Waals surface area contributed by atoms with Gasteiger partial charge in [-0.1, -0.05) is 13.8 Å². The Morgan fingerprint density at radius 2 is 1.83 bits per heavy atom. The molecule has 1 nitrogen and oxygen atoms in total. The summed E-state index contributed by atoms with van der Waals surface area (Å²) in [6.07, 6.45) is 4.91. The van der Waals surface area contributed by atoms with Crippen molar-refractivity contribution in [3.05, 3.63) is 0 Å². The molecule has 0 N–H and O–H groups in total. The molecule has 0 bridgehead atoms. The van der Waals surface area contributed by atoms with Gasteiger partial charge in [0, 0.05) is 11.8 Å². The predicted molar refractivity (Wildman–Crippen MR) is 48.8 cm³/mol. The van der Waals surface area contributed by atoms with Crippen LogP contribution in [-0.2, 0) is 4.79 Å². The fourth-order valence-corrected chi connectivity index (χ4v) is 3.06. The SMILES string of the molecule is C[C@@H]1CC[C@@H]2C(=O)[C@@H](C)CC[C@@H]12. The molecule has 0 unspecified atom stereocenters. The summed E-state index contributed by atoms with van der Waals surface area (Å²) in [7, 11) is 0. The molecule has 0 radical (unpaired) electrons. The topological polar surface area (TPSA) is 17.1 Å². The van der Waals surface area contributed by atoms with Gasteiger partial charge in [-0.2, -0.15) is 0 Å². The summed E-state index contributed by atoms with van der Waals surface area (Å²) >= 11 is 0. The molecule has 2 rings (SSSR count). The molecule has 2 fully saturated rings. The van der Waals surface area contributed by atoms with Gasteiger partial charge in [0.1, 0.15) is 5.78 Å². The third kappa shape index (κ3) is 1.10. The number of carbonyl (C=O) groups excluding carboxylic acids is 1. The lowest BCUT2D eigenvalue weighted by atomic mass is 9.73. The summed E-state index contributed by atoms with van der Waals surface area (Å²) in [6.45, 7) is 4.41. The fourth-order valence-electron chi connectivity index (χ4n) is 3.06. The van der Waals surface area contributed by atoms with Crippen LogP contribution >= 0.6 is 0 Å².